The standard InChI is InChI=1S/C12H9Cl2NO3/c1-8(13)18-12(17)5-2-9-6-10(15-7-16)3-4-11(9)14/h2-6,8H,1H3. The van der Waals surface area contributed by atoms with Gasteiger partial charge in [0.1, 0.15) is 0 Å². The van der Waals surface area contributed by atoms with Crippen molar-refractivity contribution in [2.45, 2.75) is 12.5 Å². The molecule has 4 nitrogen and oxygen atoms in total. The fourth-order valence-electron chi connectivity index (χ4n) is 1.14. The second-order valence-corrected chi connectivity index (χ2v) is 4.24. The number of alkyl halides is 1. The molecule has 18 heavy (non-hydrogen) atoms. The molecule has 0 amide bonds. The second-order valence-electron chi connectivity index (χ2n) is 3.22. The van der Waals surface area contributed by atoms with Crippen LogP contribution in [0.2, 0.25) is 5.02 Å². The number of benzene rings is 1. The summed E-state index contributed by atoms with van der Waals surface area (Å²) in [5.41, 5.74) is 0.226. The summed E-state index contributed by atoms with van der Waals surface area (Å²) in [6.45, 7) is 1.53. The van der Waals surface area contributed by atoms with E-state index >= 15 is 0 Å². The average Bonchev–Trinajstić information content (AvgIpc) is 2.29. The second kappa shape index (κ2) is 6.97. The van der Waals surface area contributed by atoms with Crippen molar-refractivity contribution in [3.05, 3.63) is 34.9 Å². The molecule has 1 aromatic carbocycles. The Morgan fingerprint density at radius 3 is 2.89 bits per heavy atom. The van der Waals surface area contributed by atoms with Gasteiger partial charge >= 0.3 is 5.97 Å². The predicted molar refractivity (Wildman–Crippen MR) is 69.7 cm³/mol. The minimum atomic E-state index is -0.705. The molecule has 0 heterocycles. The van der Waals surface area contributed by atoms with Crippen molar-refractivity contribution in [2.24, 2.45) is 4.99 Å². The molecule has 94 valence electrons. The third kappa shape index (κ3) is 4.72. The number of carbonyl (C=O) groups excluding carboxylic acids is 2. The summed E-state index contributed by atoms with van der Waals surface area (Å²) < 4.78 is 4.70. The molecule has 1 rings (SSSR count). The van der Waals surface area contributed by atoms with E-state index < -0.39 is 11.5 Å². The fourth-order valence-corrected chi connectivity index (χ4v) is 1.41. The van der Waals surface area contributed by atoms with Gasteiger partial charge in [-0.15, -0.1) is 0 Å². The van der Waals surface area contributed by atoms with E-state index in [0.717, 1.165) is 0 Å². The summed E-state index contributed by atoms with van der Waals surface area (Å²) in [6, 6.07) is 4.66. The van der Waals surface area contributed by atoms with Crippen molar-refractivity contribution in [1.82, 2.24) is 0 Å². The summed E-state index contributed by atoms with van der Waals surface area (Å²) in [5, 5.41) is 0.419. The minimum Gasteiger partial charge on any atom is -0.443 e. The Morgan fingerprint density at radius 1 is 1.56 bits per heavy atom. The van der Waals surface area contributed by atoms with Gasteiger partial charge in [0.15, 0.2) is 5.56 Å². The van der Waals surface area contributed by atoms with Crippen LogP contribution in [0.1, 0.15) is 12.5 Å². The molecule has 0 aromatic heterocycles. The molecule has 0 aliphatic heterocycles. The van der Waals surface area contributed by atoms with Gasteiger partial charge in [0.25, 0.3) is 0 Å². The lowest BCUT2D eigenvalue weighted by Gasteiger charge is -2.02. The van der Waals surface area contributed by atoms with E-state index in [9.17, 15) is 9.59 Å². The van der Waals surface area contributed by atoms with Gasteiger partial charge in [0, 0.05) is 11.1 Å². The van der Waals surface area contributed by atoms with Crippen LogP contribution in [0, 0.1) is 0 Å². The normalized spacial score (nSPS) is 11.9. The first kappa shape index (κ1) is 14.5. The number of esters is 1. The number of rotatable bonds is 4. The third-order valence-electron chi connectivity index (χ3n) is 1.83. The van der Waals surface area contributed by atoms with Gasteiger partial charge in [-0.1, -0.05) is 23.2 Å². The molecule has 0 bridgehead atoms. The maximum absolute atomic E-state index is 11.2. The molecular weight excluding hydrogens is 277 g/mol. The number of halogens is 2. The molecule has 1 unspecified atom stereocenters. The van der Waals surface area contributed by atoms with E-state index in [1.165, 1.54) is 25.2 Å². The first-order chi connectivity index (χ1) is 8.52. The molecule has 0 radical (unpaired) electrons. The highest BCUT2D eigenvalue weighted by Crippen LogP contribution is 2.23. The Labute approximate surface area is 114 Å². The van der Waals surface area contributed by atoms with Crippen LogP contribution in [0.5, 0.6) is 0 Å². The van der Waals surface area contributed by atoms with Crippen LogP contribution in [0.3, 0.4) is 0 Å². The van der Waals surface area contributed by atoms with E-state index in [0.29, 0.717) is 16.3 Å². The molecule has 0 fully saturated rings. The van der Waals surface area contributed by atoms with Crippen LogP contribution in [-0.2, 0) is 14.3 Å². The van der Waals surface area contributed by atoms with Crippen LogP contribution >= 0.6 is 23.2 Å². The first-order valence-electron chi connectivity index (χ1n) is 4.93. The number of carbonyl (C=O) groups is 1. The molecule has 0 saturated heterocycles. The lowest BCUT2D eigenvalue weighted by Crippen LogP contribution is -2.05. The Balaban J connectivity index is 2.89. The van der Waals surface area contributed by atoms with E-state index in [-0.39, 0.29) is 0 Å². The van der Waals surface area contributed by atoms with Crippen molar-refractivity contribution >= 4 is 47.0 Å². The molecule has 0 aliphatic rings. The average molecular weight is 286 g/mol. The van der Waals surface area contributed by atoms with Crippen molar-refractivity contribution in [1.29, 1.82) is 0 Å². The highest BCUT2D eigenvalue weighted by Gasteiger charge is 2.03. The van der Waals surface area contributed by atoms with Gasteiger partial charge in [0.2, 0.25) is 6.08 Å². The Kier molecular flexibility index (Phi) is 5.59. The SMILES string of the molecule is CC(Cl)OC(=O)C=Cc1cc(N=C=O)ccc1Cl. The zero-order valence-corrected chi connectivity index (χ0v) is 10.9. The summed E-state index contributed by atoms with van der Waals surface area (Å²) in [6.07, 6.45) is 4.06. The quantitative estimate of drug-likeness (QED) is 0.280. The van der Waals surface area contributed by atoms with Crippen LogP contribution in [0.4, 0.5) is 5.69 Å². The van der Waals surface area contributed by atoms with Crippen molar-refractivity contribution in [2.75, 3.05) is 0 Å². The molecule has 0 N–H and O–H groups in total. The van der Waals surface area contributed by atoms with Gasteiger partial charge in [-0.3, -0.25) is 0 Å². The number of isocyanates is 1. The maximum Gasteiger partial charge on any atom is 0.332 e. The van der Waals surface area contributed by atoms with Crippen LogP contribution in [-0.4, -0.2) is 17.6 Å². The van der Waals surface area contributed by atoms with Crippen LogP contribution < -0.4 is 0 Å². The molecule has 0 saturated carbocycles. The molecule has 1 aromatic rings. The minimum absolute atomic E-state index is 0.396. The zero-order chi connectivity index (χ0) is 13.5. The lowest BCUT2D eigenvalue weighted by molar-refractivity contribution is -0.138. The predicted octanol–water partition coefficient (Wildman–Crippen LogP) is 3.45. The van der Waals surface area contributed by atoms with Crippen molar-refractivity contribution in [3.8, 4) is 0 Å². The zero-order valence-electron chi connectivity index (χ0n) is 9.39. The Morgan fingerprint density at radius 2 is 2.28 bits per heavy atom. The molecule has 0 aliphatic carbocycles. The molecule has 0 spiro atoms. The number of ether oxygens (including phenoxy) is 1. The van der Waals surface area contributed by atoms with E-state index in [4.69, 9.17) is 27.9 Å². The molecular formula is C12H9Cl2NO3. The summed E-state index contributed by atoms with van der Waals surface area (Å²) >= 11 is 11.4. The van der Waals surface area contributed by atoms with Gasteiger partial charge in [-0.2, -0.15) is 4.99 Å². The first-order valence-corrected chi connectivity index (χ1v) is 5.74. The number of hydrogen-bond donors (Lipinski definition) is 0. The van der Waals surface area contributed by atoms with E-state index in [2.05, 4.69) is 4.99 Å². The fraction of sp³-hybridized carbons (Fsp3) is 0.167. The van der Waals surface area contributed by atoms with Gasteiger partial charge in [-0.05, 0) is 36.8 Å². The summed E-state index contributed by atoms with van der Waals surface area (Å²) in [5.74, 6) is -0.585. The van der Waals surface area contributed by atoms with Gasteiger partial charge in [0.05, 0.1) is 5.69 Å². The maximum atomic E-state index is 11.2. The molecule has 6 heteroatoms. The largest absolute Gasteiger partial charge is 0.443 e. The van der Waals surface area contributed by atoms with E-state index in [1.807, 2.05) is 0 Å². The van der Waals surface area contributed by atoms with E-state index in [1.54, 1.807) is 18.2 Å². The number of hydrogen-bond acceptors (Lipinski definition) is 4. The monoisotopic (exact) mass is 285 g/mol. The highest BCUT2D eigenvalue weighted by molar-refractivity contribution is 6.32. The van der Waals surface area contributed by atoms with Crippen LogP contribution in [0.25, 0.3) is 6.08 Å². The van der Waals surface area contributed by atoms with Gasteiger partial charge in [-0.25, -0.2) is 9.59 Å². The third-order valence-corrected chi connectivity index (χ3v) is 2.27. The smallest absolute Gasteiger partial charge is 0.332 e. The summed E-state index contributed by atoms with van der Waals surface area (Å²) in [4.78, 5) is 24.8. The topological polar surface area (TPSA) is 55.7 Å². The highest BCUT2D eigenvalue weighted by atomic mass is 35.5. The van der Waals surface area contributed by atoms with Crippen molar-refractivity contribution in [3.63, 3.8) is 0 Å². The Bertz CT molecular complexity index is 520. The molecule has 1 atom stereocenters. The van der Waals surface area contributed by atoms with Gasteiger partial charge < -0.3 is 4.74 Å². The summed E-state index contributed by atoms with van der Waals surface area (Å²) in [7, 11) is 0. The van der Waals surface area contributed by atoms with Crippen molar-refractivity contribution < 1.29 is 14.3 Å². The lowest BCUT2D eigenvalue weighted by atomic mass is 10.2. The Hall–Kier alpha value is -1.61. The number of nitrogens with zero attached hydrogens (tertiary/aromatic N) is 1. The van der Waals surface area contributed by atoms with Crippen LogP contribution in [0.15, 0.2) is 29.3 Å². The number of aliphatic imine (C=N–C) groups is 1.